The van der Waals surface area contributed by atoms with Gasteiger partial charge in [0.25, 0.3) is 0 Å². The van der Waals surface area contributed by atoms with Gasteiger partial charge in [-0.1, -0.05) is 28.7 Å². The SMILES string of the molecule is C.C.CC(C)C(F)(F)C(F)(F)F. The van der Waals surface area contributed by atoms with Crippen LogP contribution in [0.3, 0.4) is 0 Å². The maximum Gasteiger partial charge on any atom is 0.453 e. The normalized spacial score (nSPS) is 12.0. The Morgan fingerprint density at radius 2 is 1.08 bits per heavy atom. The van der Waals surface area contributed by atoms with E-state index in [2.05, 4.69) is 0 Å². The minimum atomic E-state index is -5.42. The summed E-state index contributed by atoms with van der Waals surface area (Å²) in [6, 6.07) is 0. The Hall–Kier alpha value is -0.350. The van der Waals surface area contributed by atoms with E-state index < -0.39 is 18.0 Å². The second kappa shape index (κ2) is 4.62. The van der Waals surface area contributed by atoms with Crippen LogP contribution in [0.15, 0.2) is 0 Å². The Morgan fingerprint density at radius 3 is 1.08 bits per heavy atom. The lowest BCUT2D eigenvalue weighted by Crippen LogP contribution is -2.40. The molecule has 78 valence electrons. The molecular formula is C7H15F5. The lowest BCUT2D eigenvalue weighted by atomic mass is 10.1. The fraction of sp³-hybridized carbons (Fsp3) is 1.00. The Kier molecular flexibility index (Phi) is 6.80. The van der Waals surface area contributed by atoms with Crippen LogP contribution in [0.4, 0.5) is 22.0 Å². The van der Waals surface area contributed by atoms with Crippen molar-refractivity contribution in [1.82, 2.24) is 0 Å². The molecule has 12 heavy (non-hydrogen) atoms. The van der Waals surface area contributed by atoms with Crippen LogP contribution in [-0.2, 0) is 0 Å². The molecule has 0 aliphatic rings. The number of rotatable bonds is 1. The summed E-state index contributed by atoms with van der Waals surface area (Å²) in [7, 11) is 0. The zero-order chi connectivity index (χ0) is 8.58. The highest BCUT2D eigenvalue weighted by Gasteiger charge is 2.59. The predicted octanol–water partition coefficient (Wildman–Crippen LogP) is 4.11. The summed E-state index contributed by atoms with van der Waals surface area (Å²) in [5.41, 5.74) is 0. The van der Waals surface area contributed by atoms with E-state index in [1.165, 1.54) is 0 Å². The van der Waals surface area contributed by atoms with E-state index >= 15 is 0 Å². The predicted molar refractivity (Wildman–Crippen MR) is 39.3 cm³/mol. The molecule has 0 heterocycles. The van der Waals surface area contributed by atoms with Crippen LogP contribution in [0.5, 0.6) is 0 Å². The molecular weight excluding hydrogens is 179 g/mol. The molecule has 0 saturated carbocycles. The van der Waals surface area contributed by atoms with E-state index in [-0.39, 0.29) is 14.9 Å². The van der Waals surface area contributed by atoms with Gasteiger partial charge in [0, 0.05) is 5.92 Å². The summed E-state index contributed by atoms with van der Waals surface area (Å²) in [5.74, 6) is -6.26. The molecule has 0 aliphatic heterocycles. The van der Waals surface area contributed by atoms with Gasteiger partial charge in [-0.05, 0) is 0 Å². The van der Waals surface area contributed by atoms with Crippen molar-refractivity contribution in [1.29, 1.82) is 0 Å². The number of halogens is 5. The molecule has 0 aromatic carbocycles. The van der Waals surface area contributed by atoms with Gasteiger partial charge < -0.3 is 0 Å². The maximum atomic E-state index is 11.9. The smallest absolute Gasteiger partial charge is 0.196 e. The zero-order valence-electron chi connectivity index (χ0n) is 5.47. The fourth-order valence-electron chi connectivity index (χ4n) is 0.327. The molecule has 0 radical (unpaired) electrons. The van der Waals surface area contributed by atoms with Crippen molar-refractivity contribution >= 4 is 0 Å². The van der Waals surface area contributed by atoms with Gasteiger partial charge in [-0.15, -0.1) is 0 Å². The Balaban J connectivity index is -0.000000405. The second-order valence-corrected chi connectivity index (χ2v) is 2.28. The van der Waals surface area contributed by atoms with Crippen molar-refractivity contribution in [3.05, 3.63) is 0 Å². The van der Waals surface area contributed by atoms with Crippen LogP contribution in [-0.4, -0.2) is 12.1 Å². The van der Waals surface area contributed by atoms with Gasteiger partial charge in [0.1, 0.15) is 0 Å². The first kappa shape index (κ1) is 17.7. The third-order valence-corrected chi connectivity index (χ3v) is 1.10. The standard InChI is InChI=1S/C5H7F5.2CH4/c1-3(2)4(6,7)5(8,9)10;;/h3H,1-2H3;2*1H4. The summed E-state index contributed by atoms with van der Waals surface area (Å²) in [5, 5.41) is 0. The molecule has 0 nitrogen and oxygen atoms in total. The van der Waals surface area contributed by atoms with Crippen molar-refractivity contribution in [3.63, 3.8) is 0 Å². The number of hydrogen-bond donors (Lipinski definition) is 0. The third-order valence-electron chi connectivity index (χ3n) is 1.10. The Bertz CT molecular complexity index is 113. The monoisotopic (exact) mass is 194 g/mol. The van der Waals surface area contributed by atoms with Gasteiger partial charge in [0.2, 0.25) is 0 Å². The highest BCUT2D eigenvalue weighted by Crippen LogP contribution is 2.40. The van der Waals surface area contributed by atoms with E-state index in [1.54, 1.807) is 0 Å². The molecule has 0 rings (SSSR count). The quantitative estimate of drug-likeness (QED) is 0.551. The Morgan fingerprint density at radius 1 is 0.833 bits per heavy atom. The maximum absolute atomic E-state index is 11.9. The molecule has 0 aromatic heterocycles. The largest absolute Gasteiger partial charge is 0.453 e. The molecule has 5 heteroatoms. The summed E-state index contributed by atoms with van der Waals surface area (Å²) >= 11 is 0. The molecule has 0 unspecified atom stereocenters. The molecule has 0 fully saturated rings. The van der Waals surface area contributed by atoms with E-state index in [0.717, 1.165) is 13.8 Å². The summed E-state index contributed by atoms with van der Waals surface area (Å²) < 4.78 is 57.9. The first-order valence-electron chi connectivity index (χ1n) is 2.64. The molecule has 0 saturated heterocycles. The van der Waals surface area contributed by atoms with Gasteiger partial charge in [-0.3, -0.25) is 0 Å². The van der Waals surface area contributed by atoms with Crippen LogP contribution < -0.4 is 0 Å². The Labute approximate surface area is 69.8 Å². The van der Waals surface area contributed by atoms with Gasteiger partial charge >= 0.3 is 12.1 Å². The van der Waals surface area contributed by atoms with Crippen LogP contribution in [0.1, 0.15) is 28.7 Å². The lowest BCUT2D eigenvalue weighted by Gasteiger charge is -2.22. The molecule has 0 aromatic rings. The van der Waals surface area contributed by atoms with Gasteiger partial charge in [-0.2, -0.15) is 22.0 Å². The molecule has 0 aliphatic carbocycles. The van der Waals surface area contributed by atoms with E-state index in [4.69, 9.17) is 0 Å². The minimum absolute atomic E-state index is 0. The average molecular weight is 194 g/mol. The summed E-state index contributed by atoms with van der Waals surface area (Å²) in [6.45, 7) is 1.65. The molecule has 0 bridgehead atoms. The van der Waals surface area contributed by atoms with Crippen molar-refractivity contribution in [2.24, 2.45) is 5.92 Å². The zero-order valence-corrected chi connectivity index (χ0v) is 5.47. The summed E-state index contributed by atoms with van der Waals surface area (Å²) in [4.78, 5) is 0. The van der Waals surface area contributed by atoms with Gasteiger partial charge in [-0.25, -0.2) is 0 Å². The first-order chi connectivity index (χ1) is 4.19. The molecule has 0 amide bonds. The molecule has 0 N–H and O–H groups in total. The lowest BCUT2D eigenvalue weighted by molar-refractivity contribution is -0.298. The topological polar surface area (TPSA) is 0 Å². The average Bonchev–Trinajstić information content (AvgIpc) is 1.62. The van der Waals surface area contributed by atoms with Gasteiger partial charge in [0.05, 0.1) is 0 Å². The third kappa shape index (κ3) is 3.36. The number of alkyl halides is 5. The highest BCUT2D eigenvalue weighted by molar-refractivity contribution is 4.78. The fourth-order valence-corrected chi connectivity index (χ4v) is 0.327. The van der Waals surface area contributed by atoms with Crippen molar-refractivity contribution < 1.29 is 22.0 Å². The first-order valence-corrected chi connectivity index (χ1v) is 2.64. The van der Waals surface area contributed by atoms with E-state index in [9.17, 15) is 22.0 Å². The van der Waals surface area contributed by atoms with Crippen molar-refractivity contribution in [3.8, 4) is 0 Å². The van der Waals surface area contributed by atoms with Crippen LogP contribution in [0.2, 0.25) is 0 Å². The van der Waals surface area contributed by atoms with Crippen LogP contribution >= 0.6 is 0 Å². The highest BCUT2D eigenvalue weighted by atomic mass is 19.4. The van der Waals surface area contributed by atoms with Crippen LogP contribution in [0, 0.1) is 5.92 Å². The molecule has 0 spiro atoms. The van der Waals surface area contributed by atoms with Crippen molar-refractivity contribution in [2.45, 2.75) is 40.8 Å². The molecule has 0 atom stereocenters. The minimum Gasteiger partial charge on any atom is -0.196 e. The summed E-state index contributed by atoms with van der Waals surface area (Å²) in [6.07, 6.45) is -5.42. The second-order valence-electron chi connectivity index (χ2n) is 2.28. The van der Waals surface area contributed by atoms with Crippen LogP contribution in [0.25, 0.3) is 0 Å². The van der Waals surface area contributed by atoms with E-state index in [0.29, 0.717) is 0 Å². The van der Waals surface area contributed by atoms with Crippen molar-refractivity contribution in [2.75, 3.05) is 0 Å². The van der Waals surface area contributed by atoms with E-state index in [1.807, 2.05) is 0 Å². The van der Waals surface area contributed by atoms with Gasteiger partial charge in [0.15, 0.2) is 0 Å². The number of hydrogen-bond acceptors (Lipinski definition) is 0.